The van der Waals surface area contributed by atoms with Gasteiger partial charge in [-0.15, -0.1) is 0 Å². The Bertz CT molecular complexity index is 418. The number of rotatable bonds is 3. The molecule has 0 bridgehead atoms. The molecule has 0 fully saturated rings. The first-order valence-electron chi connectivity index (χ1n) is 7.81. The molecule has 0 atom stereocenters. The summed E-state index contributed by atoms with van der Waals surface area (Å²) >= 11 is 0. The Morgan fingerprint density at radius 3 is 1.32 bits per heavy atom. The zero-order chi connectivity index (χ0) is 17.2. The Morgan fingerprint density at radius 2 is 1.09 bits per heavy atom. The van der Waals surface area contributed by atoms with Crippen LogP contribution >= 0.6 is 0 Å². The normalized spacial score (nSPS) is 7.86. The number of carboxylic acids is 1. The Hall–Kier alpha value is -2.29. The minimum atomic E-state index is -0.745. The van der Waals surface area contributed by atoms with Crippen LogP contribution in [0.1, 0.15) is 41.0 Å². The summed E-state index contributed by atoms with van der Waals surface area (Å²) in [5, 5.41) is 11.0. The second kappa shape index (κ2) is 16.8. The fraction of sp³-hybridized carbons (Fsp3) is 0.316. The Kier molecular flexibility index (Phi) is 16.8. The summed E-state index contributed by atoms with van der Waals surface area (Å²) in [6.07, 6.45) is 0.222. The molecule has 0 aliphatic heterocycles. The third-order valence-electron chi connectivity index (χ3n) is 2.14. The van der Waals surface area contributed by atoms with Crippen molar-refractivity contribution in [3.63, 3.8) is 0 Å². The largest absolute Gasteiger partial charge is 0.481 e. The SMILES string of the molecule is CC.CC.CCC(=O)O.c1ccc(Nc2ccccc2)cc1. The molecule has 0 radical (unpaired) electrons. The maximum atomic E-state index is 9.37. The number of hydrogen-bond acceptors (Lipinski definition) is 2. The highest BCUT2D eigenvalue weighted by atomic mass is 16.4. The van der Waals surface area contributed by atoms with Crippen molar-refractivity contribution in [1.29, 1.82) is 0 Å². The maximum absolute atomic E-state index is 9.37. The summed E-state index contributed by atoms with van der Waals surface area (Å²) in [6, 6.07) is 20.3. The van der Waals surface area contributed by atoms with E-state index >= 15 is 0 Å². The van der Waals surface area contributed by atoms with Gasteiger partial charge >= 0.3 is 5.97 Å². The summed E-state index contributed by atoms with van der Waals surface area (Å²) in [7, 11) is 0. The zero-order valence-corrected chi connectivity index (χ0v) is 14.3. The van der Waals surface area contributed by atoms with Crippen LogP contribution in [0.4, 0.5) is 11.4 Å². The second-order valence-electron chi connectivity index (χ2n) is 3.60. The Morgan fingerprint density at radius 1 is 0.818 bits per heavy atom. The minimum absolute atomic E-state index is 0.222. The highest BCUT2D eigenvalue weighted by molar-refractivity contribution is 5.66. The van der Waals surface area contributed by atoms with Crippen LogP contribution in [0.3, 0.4) is 0 Å². The molecular weight excluding hydrogens is 274 g/mol. The van der Waals surface area contributed by atoms with E-state index in [-0.39, 0.29) is 6.42 Å². The van der Waals surface area contributed by atoms with E-state index in [1.54, 1.807) is 6.92 Å². The first-order valence-corrected chi connectivity index (χ1v) is 7.81. The van der Waals surface area contributed by atoms with Crippen LogP contribution < -0.4 is 5.32 Å². The molecule has 0 saturated heterocycles. The predicted molar refractivity (Wildman–Crippen MR) is 96.8 cm³/mol. The highest BCUT2D eigenvalue weighted by Gasteiger charge is 1.89. The first kappa shape index (κ1) is 22.0. The lowest BCUT2D eigenvalue weighted by molar-refractivity contribution is -0.136. The smallest absolute Gasteiger partial charge is 0.303 e. The number of anilines is 2. The van der Waals surface area contributed by atoms with Crippen molar-refractivity contribution in [3.8, 4) is 0 Å². The van der Waals surface area contributed by atoms with Crippen LogP contribution in [0.2, 0.25) is 0 Å². The van der Waals surface area contributed by atoms with E-state index in [4.69, 9.17) is 5.11 Å². The molecule has 0 aliphatic carbocycles. The fourth-order valence-electron chi connectivity index (χ4n) is 1.21. The van der Waals surface area contributed by atoms with Crippen LogP contribution in [-0.4, -0.2) is 11.1 Å². The number of para-hydroxylation sites is 2. The molecule has 0 heterocycles. The number of nitrogens with one attached hydrogen (secondary N) is 1. The molecule has 2 N–H and O–H groups in total. The van der Waals surface area contributed by atoms with Gasteiger partial charge in [0.25, 0.3) is 0 Å². The molecule has 122 valence electrons. The van der Waals surface area contributed by atoms with E-state index in [0.29, 0.717) is 0 Å². The van der Waals surface area contributed by atoms with E-state index in [9.17, 15) is 4.79 Å². The highest BCUT2D eigenvalue weighted by Crippen LogP contribution is 2.14. The van der Waals surface area contributed by atoms with Gasteiger partial charge in [0.05, 0.1) is 0 Å². The number of benzene rings is 2. The maximum Gasteiger partial charge on any atom is 0.303 e. The van der Waals surface area contributed by atoms with Gasteiger partial charge in [-0.3, -0.25) is 4.79 Å². The topological polar surface area (TPSA) is 49.3 Å². The lowest BCUT2D eigenvalue weighted by Gasteiger charge is -2.04. The van der Waals surface area contributed by atoms with Crippen LogP contribution in [0, 0.1) is 0 Å². The van der Waals surface area contributed by atoms with Gasteiger partial charge < -0.3 is 10.4 Å². The van der Waals surface area contributed by atoms with Crippen molar-refractivity contribution in [1.82, 2.24) is 0 Å². The fourth-order valence-corrected chi connectivity index (χ4v) is 1.21. The van der Waals surface area contributed by atoms with Gasteiger partial charge in [0.15, 0.2) is 0 Å². The lowest BCUT2D eigenvalue weighted by Crippen LogP contribution is -1.87. The van der Waals surface area contributed by atoms with Crippen LogP contribution in [0.25, 0.3) is 0 Å². The molecule has 0 amide bonds. The number of hydrogen-bond donors (Lipinski definition) is 2. The summed E-state index contributed by atoms with van der Waals surface area (Å²) in [4.78, 5) is 9.37. The van der Waals surface area contributed by atoms with E-state index in [1.165, 1.54) is 0 Å². The molecule has 0 spiro atoms. The second-order valence-corrected chi connectivity index (χ2v) is 3.60. The number of carbonyl (C=O) groups is 1. The van der Waals surface area contributed by atoms with Crippen LogP contribution in [0.5, 0.6) is 0 Å². The minimum Gasteiger partial charge on any atom is -0.481 e. The van der Waals surface area contributed by atoms with Crippen molar-refractivity contribution in [2.75, 3.05) is 5.32 Å². The summed E-state index contributed by atoms with van der Waals surface area (Å²) < 4.78 is 0. The average molecular weight is 303 g/mol. The average Bonchev–Trinajstić information content (AvgIpc) is 2.61. The third-order valence-corrected chi connectivity index (χ3v) is 2.14. The van der Waals surface area contributed by atoms with Crippen molar-refractivity contribution >= 4 is 17.3 Å². The molecule has 3 nitrogen and oxygen atoms in total. The number of aliphatic carboxylic acids is 1. The Balaban J connectivity index is 0. The van der Waals surface area contributed by atoms with Crippen LogP contribution in [-0.2, 0) is 4.79 Å². The molecule has 0 aromatic heterocycles. The molecule has 2 rings (SSSR count). The lowest BCUT2D eigenvalue weighted by atomic mass is 10.3. The van der Waals surface area contributed by atoms with Gasteiger partial charge in [0.1, 0.15) is 0 Å². The molecule has 0 saturated carbocycles. The van der Waals surface area contributed by atoms with E-state index in [0.717, 1.165) is 11.4 Å². The first-order chi connectivity index (χ1) is 10.7. The quantitative estimate of drug-likeness (QED) is 0.735. The summed E-state index contributed by atoms with van der Waals surface area (Å²) in [5.41, 5.74) is 2.24. The van der Waals surface area contributed by atoms with E-state index < -0.39 is 5.97 Å². The van der Waals surface area contributed by atoms with E-state index in [1.807, 2.05) is 88.4 Å². The van der Waals surface area contributed by atoms with Crippen molar-refractivity contribution in [2.45, 2.75) is 41.0 Å². The summed E-state index contributed by atoms with van der Waals surface area (Å²) in [5.74, 6) is -0.745. The van der Waals surface area contributed by atoms with E-state index in [2.05, 4.69) is 5.32 Å². The van der Waals surface area contributed by atoms with Crippen LogP contribution in [0.15, 0.2) is 60.7 Å². The van der Waals surface area contributed by atoms with Gasteiger partial charge in [-0.2, -0.15) is 0 Å². The molecule has 3 heteroatoms. The standard InChI is InChI=1S/C12H11N.C3H6O2.2C2H6/c1-3-7-11(8-4-1)13-12-9-5-2-6-10-12;1-2-3(4)5;2*1-2/h1-10,13H;2H2,1H3,(H,4,5);2*1-2H3. The van der Waals surface area contributed by atoms with Gasteiger partial charge in [0, 0.05) is 17.8 Å². The van der Waals surface area contributed by atoms with Crippen molar-refractivity contribution in [2.24, 2.45) is 0 Å². The molecule has 0 aliphatic rings. The Labute approximate surface area is 135 Å². The third kappa shape index (κ3) is 12.7. The van der Waals surface area contributed by atoms with Gasteiger partial charge in [0.2, 0.25) is 0 Å². The molecule has 2 aromatic carbocycles. The van der Waals surface area contributed by atoms with Gasteiger partial charge in [-0.25, -0.2) is 0 Å². The number of carboxylic acid groups (broad SMARTS) is 1. The summed E-state index contributed by atoms with van der Waals surface area (Å²) in [6.45, 7) is 9.60. The molecule has 0 unspecified atom stereocenters. The monoisotopic (exact) mass is 303 g/mol. The van der Waals surface area contributed by atoms with Gasteiger partial charge in [-0.05, 0) is 24.3 Å². The molecule has 22 heavy (non-hydrogen) atoms. The zero-order valence-electron chi connectivity index (χ0n) is 14.3. The molecular formula is C19H29NO2. The van der Waals surface area contributed by atoms with Crippen molar-refractivity contribution in [3.05, 3.63) is 60.7 Å². The predicted octanol–water partition coefficient (Wildman–Crippen LogP) is 5.96. The van der Waals surface area contributed by atoms with Crippen molar-refractivity contribution < 1.29 is 9.90 Å². The van der Waals surface area contributed by atoms with Gasteiger partial charge in [-0.1, -0.05) is 71.0 Å². The molecule has 2 aromatic rings.